The number of hydrogen-bond donors (Lipinski definition) is 1. The van der Waals surface area contributed by atoms with Crippen molar-refractivity contribution in [1.82, 2.24) is 9.96 Å². The number of hydrogen-bond acceptors (Lipinski definition) is 4. The van der Waals surface area contributed by atoms with Gasteiger partial charge in [-0.15, -0.1) is 0 Å². The Morgan fingerprint density at radius 1 is 1.25 bits per heavy atom. The van der Waals surface area contributed by atoms with E-state index in [1.807, 2.05) is 31.2 Å². The molecule has 0 unspecified atom stereocenters. The molecule has 0 atom stereocenters. The average Bonchev–Trinajstić information content (AvgIpc) is 2.29. The summed E-state index contributed by atoms with van der Waals surface area (Å²) in [6.45, 7) is 5.54. The molecule has 0 saturated heterocycles. The average molecular weight is 298 g/mol. The molecule has 0 heterocycles. The van der Waals surface area contributed by atoms with Gasteiger partial charge in [-0.3, -0.25) is 14.9 Å². The predicted octanol–water partition coefficient (Wildman–Crippen LogP) is 2.22. The SMILES string of the molecule is Cc1ccc(CN(O)C(=O)CN(C)CP(C)(C)=O)cc1. The van der Waals surface area contributed by atoms with Gasteiger partial charge in [-0.25, -0.2) is 5.06 Å². The van der Waals surface area contributed by atoms with Crippen LogP contribution in [0, 0.1) is 6.92 Å². The van der Waals surface area contributed by atoms with Gasteiger partial charge in [-0.05, 0) is 32.9 Å². The second-order valence-corrected chi connectivity index (χ2v) is 9.10. The van der Waals surface area contributed by atoms with Crippen molar-refractivity contribution in [2.75, 3.05) is 33.2 Å². The van der Waals surface area contributed by atoms with Crippen LogP contribution in [0.2, 0.25) is 0 Å². The minimum atomic E-state index is -2.21. The Labute approximate surface area is 120 Å². The van der Waals surface area contributed by atoms with E-state index in [2.05, 4.69) is 0 Å². The predicted molar refractivity (Wildman–Crippen MR) is 80.5 cm³/mol. The summed E-state index contributed by atoms with van der Waals surface area (Å²) in [7, 11) is -0.487. The highest BCUT2D eigenvalue weighted by molar-refractivity contribution is 7.62. The third-order valence-corrected chi connectivity index (χ3v) is 3.89. The summed E-state index contributed by atoms with van der Waals surface area (Å²) in [5.41, 5.74) is 2.00. The van der Waals surface area contributed by atoms with Crippen molar-refractivity contribution in [3.63, 3.8) is 0 Å². The van der Waals surface area contributed by atoms with Crippen LogP contribution in [0.4, 0.5) is 0 Å². The van der Waals surface area contributed by atoms with Gasteiger partial charge in [-0.1, -0.05) is 29.8 Å². The molecule has 5 nitrogen and oxygen atoms in total. The van der Waals surface area contributed by atoms with Gasteiger partial charge in [0.1, 0.15) is 0 Å². The number of likely N-dealkylation sites (N-methyl/N-ethyl adjacent to an activating group) is 1. The molecular formula is C14H23N2O3P. The number of carbonyl (C=O) groups excluding carboxylic acids is 1. The minimum absolute atomic E-state index is 0.0496. The lowest BCUT2D eigenvalue weighted by molar-refractivity contribution is -0.168. The van der Waals surface area contributed by atoms with Crippen LogP contribution >= 0.6 is 7.14 Å². The normalized spacial score (nSPS) is 11.7. The molecule has 0 fully saturated rings. The van der Waals surface area contributed by atoms with E-state index >= 15 is 0 Å². The van der Waals surface area contributed by atoms with Crippen molar-refractivity contribution in [3.8, 4) is 0 Å². The van der Waals surface area contributed by atoms with Crippen LogP contribution < -0.4 is 0 Å². The summed E-state index contributed by atoms with van der Waals surface area (Å²) >= 11 is 0. The topological polar surface area (TPSA) is 60.9 Å². The van der Waals surface area contributed by atoms with Gasteiger partial charge in [-0.2, -0.15) is 0 Å². The number of amides is 1. The number of hydroxylamine groups is 2. The maximum Gasteiger partial charge on any atom is 0.260 e. The van der Waals surface area contributed by atoms with Crippen LogP contribution in [-0.4, -0.2) is 54.3 Å². The molecule has 6 heteroatoms. The van der Waals surface area contributed by atoms with Crippen molar-refractivity contribution in [2.45, 2.75) is 13.5 Å². The molecular weight excluding hydrogens is 275 g/mol. The first-order valence-corrected chi connectivity index (χ1v) is 9.23. The van der Waals surface area contributed by atoms with Crippen LogP contribution in [0.1, 0.15) is 11.1 Å². The van der Waals surface area contributed by atoms with Gasteiger partial charge in [0.15, 0.2) is 0 Å². The number of carbonyl (C=O) groups is 1. The second kappa shape index (κ2) is 7.02. The Hall–Kier alpha value is -1.16. The van der Waals surface area contributed by atoms with Gasteiger partial charge in [0, 0.05) is 0 Å². The Morgan fingerprint density at radius 3 is 2.30 bits per heavy atom. The smallest absolute Gasteiger partial charge is 0.260 e. The molecule has 1 amide bonds. The summed E-state index contributed by atoms with van der Waals surface area (Å²) < 4.78 is 11.7. The molecule has 0 saturated carbocycles. The zero-order valence-corrected chi connectivity index (χ0v) is 13.4. The summed E-state index contributed by atoms with van der Waals surface area (Å²) in [5, 5.41) is 10.5. The first kappa shape index (κ1) is 16.9. The summed E-state index contributed by atoms with van der Waals surface area (Å²) in [6, 6.07) is 7.62. The number of benzene rings is 1. The summed E-state index contributed by atoms with van der Waals surface area (Å²) in [6.07, 6.45) is 0.358. The van der Waals surface area contributed by atoms with Crippen molar-refractivity contribution in [2.24, 2.45) is 0 Å². The van der Waals surface area contributed by atoms with Crippen LogP contribution in [0.15, 0.2) is 24.3 Å². The van der Waals surface area contributed by atoms with E-state index < -0.39 is 13.0 Å². The zero-order chi connectivity index (χ0) is 15.3. The van der Waals surface area contributed by atoms with Crippen LogP contribution in [0.3, 0.4) is 0 Å². The van der Waals surface area contributed by atoms with E-state index in [4.69, 9.17) is 0 Å². The maximum absolute atomic E-state index is 11.9. The number of nitrogens with zero attached hydrogens (tertiary/aromatic N) is 2. The molecule has 1 aromatic rings. The minimum Gasteiger partial charge on any atom is -0.323 e. The molecule has 20 heavy (non-hydrogen) atoms. The van der Waals surface area contributed by atoms with Crippen LogP contribution in [0.5, 0.6) is 0 Å². The lowest BCUT2D eigenvalue weighted by atomic mass is 10.1. The highest BCUT2D eigenvalue weighted by Gasteiger charge is 2.17. The largest absolute Gasteiger partial charge is 0.323 e. The molecule has 0 bridgehead atoms. The first-order chi connectivity index (χ1) is 9.17. The highest BCUT2D eigenvalue weighted by Crippen LogP contribution is 2.35. The standard InChI is InChI=1S/C14H23N2O3P/c1-12-5-7-13(8-6-12)9-16(18)14(17)10-15(2)11-20(3,4)19/h5-8,18H,9-11H2,1-4H3. The molecule has 1 N–H and O–H groups in total. The Bertz CT molecular complexity index is 496. The van der Waals surface area contributed by atoms with Crippen LogP contribution in [0.25, 0.3) is 0 Å². The second-order valence-electron chi connectivity index (χ2n) is 5.67. The van der Waals surface area contributed by atoms with E-state index in [9.17, 15) is 14.6 Å². The lowest BCUT2D eigenvalue weighted by Crippen LogP contribution is -2.36. The van der Waals surface area contributed by atoms with Gasteiger partial charge in [0.05, 0.1) is 26.5 Å². The van der Waals surface area contributed by atoms with Gasteiger partial charge < -0.3 is 4.57 Å². The first-order valence-electron chi connectivity index (χ1n) is 6.45. The molecule has 0 radical (unpaired) electrons. The van der Waals surface area contributed by atoms with E-state index in [0.29, 0.717) is 11.3 Å². The number of aryl methyl sites for hydroxylation is 1. The fourth-order valence-corrected chi connectivity index (χ4v) is 3.16. The molecule has 0 spiro atoms. The Morgan fingerprint density at radius 2 is 1.80 bits per heavy atom. The molecule has 1 rings (SSSR count). The maximum atomic E-state index is 11.9. The van der Waals surface area contributed by atoms with Gasteiger partial charge >= 0.3 is 0 Å². The van der Waals surface area contributed by atoms with E-state index in [1.54, 1.807) is 25.3 Å². The fraction of sp³-hybridized carbons (Fsp3) is 0.500. The highest BCUT2D eigenvalue weighted by atomic mass is 31.2. The summed E-state index contributed by atoms with van der Waals surface area (Å²) in [5.74, 6) is -0.401. The Balaban J connectivity index is 2.50. The Kier molecular flexibility index (Phi) is 5.93. The molecule has 1 aromatic carbocycles. The molecule has 0 aromatic heterocycles. The lowest BCUT2D eigenvalue weighted by Gasteiger charge is -2.21. The fourth-order valence-electron chi connectivity index (χ4n) is 1.90. The summed E-state index contributed by atoms with van der Waals surface area (Å²) in [4.78, 5) is 13.5. The van der Waals surface area contributed by atoms with E-state index in [1.165, 1.54) is 0 Å². The van der Waals surface area contributed by atoms with Crippen molar-refractivity contribution >= 4 is 13.0 Å². The van der Waals surface area contributed by atoms with Crippen LogP contribution in [-0.2, 0) is 15.9 Å². The molecule has 112 valence electrons. The molecule has 0 aliphatic rings. The third kappa shape index (κ3) is 6.33. The third-order valence-electron chi connectivity index (χ3n) is 2.73. The molecule has 0 aliphatic heterocycles. The van der Waals surface area contributed by atoms with Crippen molar-refractivity contribution in [3.05, 3.63) is 35.4 Å². The quantitative estimate of drug-likeness (QED) is 0.497. The zero-order valence-electron chi connectivity index (χ0n) is 12.5. The van der Waals surface area contributed by atoms with Gasteiger partial charge in [0.2, 0.25) is 0 Å². The van der Waals surface area contributed by atoms with Crippen molar-refractivity contribution < 1.29 is 14.6 Å². The molecule has 0 aliphatic carbocycles. The van der Waals surface area contributed by atoms with E-state index in [-0.39, 0.29) is 13.1 Å². The van der Waals surface area contributed by atoms with Gasteiger partial charge in [0.25, 0.3) is 5.91 Å². The number of rotatable bonds is 6. The monoisotopic (exact) mass is 298 g/mol. The van der Waals surface area contributed by atoms with E-state index in [0.717, 1.165) is 11.1 Å². The van der Waals surface area contributed by atoms with Crippen molar-refractivity contribution in [1.29, 1.82) is 0 Å².